The molecule has 0 aromatic carbocycles. The van der Waals surface area contributed by atoms with Gasteiger partial charge in [0.1, 0.15) is 0 Å². The van der Waals surface area contributed by atoms with Gasteiger partial charge in [-0.2, -0.15) is 0 Å². The molecule has 0 spiro atoms. The predicted molar refractivity (Wildman–Crippen MR) is 66.0 cm³/mol. The summed E-state index contributed by atoms with van der Waals surface area (Å²) < 4.78 is 0. The molecule has 0 aliphatic carbocycles. The van der Waals surface area contributed by atoms with Gasteiger partial charge in [0, 0.05) is 32.5 Å². The fraction of sp³-hybridized carbons (Fsp3) is 0.583. The smallest absolute Gasteiger partial charge is 0.254 e. The topological polar surface area (TPSA) is 58.1 Å². The van der Waals surface area contributed by atoms with E-state index in [4.69, 9.17) is 0 Å². The maximum Gasteiger partial charge on any atom is 0.254 e. The van der Waals surface area contributed by atoms with Gasteiger partial charge < -0.3 is 10.2 Å². The van der Waals surface area contributed by atoms with Crippen molar-refractivity contribution in [3.63, 3.8) is 0 Å². The second-order valence-corrected chi connectivity index (χ2v) is 4.54. The summed E-state index contributed by atoms with van der Waals surface area (Å²) in [6.45, 7) is 4.24. The van der Waals surface area contributed by atoms with Crippen molar-refractivity contribution in [1.29, 1.82) is 0 Å². The van der Waals surface area contributed by atoms with Crippen molar-refractivity contribution >= 4 is 11.9 Å². The zero-order chi connectivity index (χ0) is 12.3. The number of nitrogens with one attached hydrogen (secondary N) is 1. The van der Waals surface area contributed by atoms with Crippen LogP contribution in [0.4, 0.5) is 5.95 Å². The van der Waals surface area contributed by atoms with Crippen molar-refractivity contribution in [2.24, 2.45) is 5.92 Å². The molecule has 1 aromatic heterocycles. The molecule has 1 aromatic rings. The van der Waals surface area contributed by atoms with Crippen LogP contribution in [0.1, 0.15) is 30.1 Å². The van der Waals surface area contributed by atoms with Gasteiger partial charge in [-0.05, 0) is 18.8 Å². The summed E-state index contributed by atoms with van der Waals surface area (Å²) in [5.74, 6) is 1.26. The Morgan fingerprint density at radius 3 is 2.76 bits per heavy atom. The Hall–Kier alpha value is -1.65. The molecule has 1 atom stereocenters. The predicted octanol–water partition coefficient (Wildman–Crippen LogP) is 1.07. The molecule has 1 N–H and O–H groups in total. The average Bonchev–Trinajstić information content (AvgIpc) is 2.38. The third-order valence-electron chi connectivity index (χ3n) is 3.07. The van der Waals surface area contributed by atoms with Crippen LogP contribution in [0, 0.1) is 5.92 Å². The number of hydrogen-bond acceptors (Lipinski definition) is 4. The molecule has 1 fully saturated rings. The van der Waals surface area contributed by atoms with Crippen LogP contribution < -0.4 is 10.2 Å². The van der Waals surface area contributed by atoms with Crippen LogP contribution in [0.15, 0.2) is 12.4 Å². The molecule has 5 nitrogen and oxygen atoms in total. The van der Waals surface area contributed by atoms with Gasteiger partial charge >= 0.3 is 0 Å². The third kappa shape index (κ3) is 2.72. The molecular formula is C12H18N4O. The van der Waals surface area contributed by atoms with Gasteiger partial charge in [-0.1, -0.05) is 6.92 Å². The highest BCUT2D eigenvalue weighted by molar-refractivity contribution is 5.93. The minimum Gasteiger partial charge on any atom is -0.355 e. The number of rotatable bonds is 2. The summed E-state index contributed by atoms with van der Waals surface area (Å²) in [6, 6.07) is 0. The Balaban J connectivity index is 2.09. The van der Waals surface area contributed by atoms with E-state index >= 15 is 0 Å². The molecule has 92 valence electrons. The molecule has 0 saturated carbocycles. The molecule has 1 unspecified atom stereocenters. The lowest BCUT2D eigenvalue weighted by Gasteiger charge is -2.30. The lowest BCUT2D eigenvalue weighted by atomic mass is 10.0. The van der Waals surface area contributed by atoms with Crippen molar-refractivity contribution in [1.82, 2.24) is 15.3 Å². The van der Waals surface area contributed by atoms with E-state index in [-0.39, 0.29) is 5.91 Å². The molecule has 0 bridgehead atoms. The minimum absolute atomic E-state index is 0.149. The number of aromatic nitrogens is 2. The normalized spacial score (nSPS) is 20.1. The summed E-state index contributed by atoms with van der Waals surface area (Å²) in [7, 11) is 1.60. The number of nitrogens with zero attached hydrogens (tertiary/aromatic N) is 3. The third-order valence-corrected chi connectivity index (χ3v) is 3.07. The lowest BCUT2D eigenvalue weighted by Crippen LogP contribution is -2.35. The minimum atomic E-state index is -0.149. The van der Waals surface area contributed by atoms with Crippen molar-refractivity contribution in [3.05, 3.63) is 18.0 Å². The van der Waals surface area contributed by atoms with E-state index in [1.807, 2.05) is 0 Å². The summed E-state index contributed by atoms with van der Waals surface area (Å²) in [5.41, 5.74) is 0.501. The molecule has 5 heteroatoms. The summed E-state index contributed by atoms with van der Waals surface area (Å²) in [6.07, 6.45) is 5.62. The molecule has 1 saturated heterocycles. The first-order chi connectivity index (χ1) is 8.20. The van der Waals surface area contributed by atoms with Gasteiger partial charge in [0.25, 0.3) is 5.91 Å². The highest BCUT2D eigenvalue weighted by Gasteiger charge is 2.18. The van der Waals surface area contributed by atoms with Gasteiger partial charge in [-0.25, -0.2) is 9.97 Å². The van der Waals surface area contributed by atoms with E-state index in [0.717, 1.165) is 19.0 Å². The van der Waals surface area contributed by atoms with Crippen LogP contribution in [0.5, 0.6) is 0 Å². The highest BCUT2D eigenvalue weighted by atomic mass is 16.1. The zero-order valence-electron chi connectivity index (χ0n) is 10.3. The maximum absolute atomic E-state index is 11.3. The second kappa shape index (κ2) is 5.12. The Morgan fingerprint density at radius 2 is 2.18 bits per heavy atom. The average molecular weight is 234 g/mol. The molecule has 1 aliphatic rings. The number of carbonyl (C=O) groups excluding carboxylic acids is 1. The maximum atomic E-state index is 11.3. The van der Waals surface area contributed by atoms with Crippen LogP contribution in [0.2, 0.25) is 0 Å². The molecule has 2 heterocycles. The summed E-state index contributed by atoms with van der Waals surface area (Å²) in [5, 5.41) is 2.55. The number of carbonyl (C=O) groups is 1. The van der Waals surface area contributed by atoms with E-state index < -0.39 is 0 Å². The van der Waals surface area contributed by atoms with Crippen molar-refractivity contribution in [3.8, 4) is 0 Å². The van der Waals surface area contributed by atoms with E-state index in [9.17, 15) is 4.79 Å². The van der Waals surface area contributed by atoms with E-state index in [2.05, 4.69) is 27.1 Å². The standard InChI is InChI=1S/C12H18N4O/c1-9-4-3-5-16(8-9)12-14-6-10(7-15-12)11(17)13-2/h6-7,9H,3-5,8H2,1-2H3,(H,13,17). The Bertz CT molecular complexity index is 390. The van der Waals surface area contributed by atoms with Crippen LogP contribution >= 0.6 is 0 Å². The Kier molecular flexibility index (Phi) is 3.56. The zero-order valence-corrected chi connectivity index (χ0v) is 10.3. The Labute approximate surface area is 101 Å². The van der Waals surface area contributed by atoms with Gasteiger partial charge in [-0.15, -0.1) is 0 Å². The first-order valence-electron chi connectivity index (χ1n) is 5.99. The monoisotopic (exact) mass is 234 g/mol. The SMILES string of the molecule is CNC(=O)c1cnc(N2CCCC(C)C2)nc1. The molecular weight excluding hydrogens is 216 g/mol. The second-order valence-electron chi connectivity index (χ2n) is 4.54. The van der Waals surface area contributed by atoms with Crippen LogP contribution in [-0.4, -0.2) is 36.0 Å². The lowest BCUT2D eigenvalue weighted by molar-refractivity contribution is 0.0962. The quantitative estimate of drug-likeness (QED) is 0.831. The van der Waals surface area contributed by atoms with Gasteiger partial charge in [0.05, 0.1) is 5.56 Å². The highest BCUT2D eigenvalue weighted by Crippen LogP contribution is 2.19. The van der Waals surface area contributed by atoms with Crippen molar-refractivity contribution in [2.45, 2.75) is 19.8 Å². The molecule has 1 amide bonds. The fourth-order valence-corrected chi connectivity index (χ4v) is 2.12. The van der Waals surface area contributed by atoms with Crippen molar-refractivity contribution in [2.75, 3.05) is 25.0 Å². The number of piperidine rings is 1. The fourth-order valence-electron chi connectivity index (χ4n) is 2.12. The first-order valence-corrected chi connectivity index (χ1v) is 5.99. The van der Waals surface area contributed by atoms with Crippen LogP contribution in [0.3, 0.4) is 0 Å². The van der Waals surface area contributed by atoms with Gasteiger partial charge in [0.2, 0.25) is 5.95 Å². The van der Waals surface area contributed by atoms with Crippen LogP contribution in [-0.2, 0) is 0 Å². The summed E-state index contributed by atoms with van der Waals surface area (Å²) >= 11 is 0. The van der Waals surface area contributed by atoms with E-state index in [1.165, 1.54) is 12.8 Å². The molecule has 0 radical (unpaired) electrons. The van der Waals surface area contributed by atoms with E-state index in [1.54, 1.807) is 19.4 Å². The largest absolute Gasteiger partial charge is 0.355 e. The number of hydrogen-bond donors (Lipinski definition) is 1. The Morgan fingerprint density at radius 1 is 1.47 bits per heavy atom. The molecule has 17 heavy (non-hydrogen) atoms. The van der Waals surface area contributed by atoms with Gasteiger partial charge in [-0.3, -0.25) is 4.79 Å². The number of amides is 1. The number of anilines is 1. The van der Waals surface area contributed by atoms with Crippen molar-refractivity contribution < 1.29 is 4.79 Å². The first kappa shape index (κ1) is 11.8. The summed E-state index contributed by atoms with van der Waals surface area (Å²) in [4.78, 5) is 22.1. The van der Waals surface area contributed by atoms with Gasteiger partial charge in [0.15, 0.2) is 0 Å². The molecule has 2 rings (SSSR count). The van der Waals surface area contributed by atoms with Crippen LogP contribution in [0.25, 0.3) is 0 Å². The van der Waals surface area contributed by atoms with E-state index in [0.29, 0.717) is 11.5 Å². The molecule has 1 aliphatic heterocycles.